The number of benzene rings is 3. The van der Waals surface area contributed by atoms with Gasteiger partial charge in [0.2, 0.25) is 17.7 Å². The van der Waals surface area contributed by atoms with Crippen molar-refractivity contribution in [3.8, 4) is 22.9 Å². The van der Waals surface area contributed by atoms with E-state index < -0.39 is 5.82 Å². The number of para-hydroxylation sites is 1. The first kappa shape index (κ1) is 18.7. The van der Waals surface area contributed by atoms with E-state index in [1.54, 1.807) is 12.1 Å². The molecule has 0 fully saturated rings. The molecule has 7 heteroatoms. The molecule has 1 N–H and O–H groups in total. The van der Waals surface area contributed by atoms with Gasteiger partial charge in [0.15, 0.2) is 0 Å². The van der Waals surface area contributed by atoms with Gasteiger partial charge in [-0.25, -0.2) is 4.39 Å². The lowest BCUT2D eigenvalue weighted by Gasteiger charge is -2.07. The Bertz CT molecular complexity index is 1370. The van der Waals surface area contributed by atoms with E-state index >= 15 is 0 Å². The Morgan fingerprint density at radius 2 is 1.71 bits per heavy atom. The summed E-state index contributed by atoms with van der Waals surface area (Å²) in [4.78, 5) is 12.6. The molecule has 0 atom stereocenters. The fourth-order valence-electron chi connectivity index (χ4n) is 3.50. The first-order valence-corrected chi connectivity index (χ1v) is 9.70. The summed E-state index contributed by atoms with van der Waals surface area (Å²) in [6.07, 6.45) is 1.82. The summed E-state index contributed by atoms with van der Waals surface area (Å²) in [5.74, 6) is 0.126. The lowest BCUT2D eigenvalue weighted by molar-refractivity contribution is -0.116. The fraction of sp³-hybridized carbons (Fsp3) is 0.0417. The van der Waals surface area contributed by atoms with Crippen LogP contribution in [0.15, 0.2) is 89.5 Å². The van der Waals surface area contributed by atoms with Crippen molar-refractivity contribution in [1.29, 1.82) is 0 Å². The number of nitrogens with zero attached hydrogens (tertiary/aromatic N) is 3. The Kier molecular flexibility index (Phi) is 4.76. The van der Waals surface area contributed by atoms with Crippen LogP contribution in [0.1, 0.15) is 0 Å². The summed E-state index contributed by atoms with van der Waals surface area (Å²) in [7, 11) is 0. The minimum atomic E-state index is -0.405. The predicted molar refractivity (Wildman–Crippen MR) is 116 cm³/mol. The molecule has 0 bridgehead atoms. The van der Waals surface area contributed by atoms with Gasteiger partial charge in [0.05, 0.1) is 5.56 Å². The molecule has 5 rings (SSSR count). The average molecular weight is 412 g/mol. The molecule has 0 aliphatic rings. The summed E-state index contributed by atoms with van der Waals surface area (Å²) in [6.45, 7) is 0.0523. The van der Waals surface area contributed by atoms with Crippen LogP contribution in [0.2, 0.25) is 0 Å². The largest absolute Gasteiger partial charge is 0.416 e. The summed E-state index contributed by atoms with van der Waals surface area (Å²) >= 11 is 0. The summed E-state index contributed by atoms with van der Waals surface area (Å²) in [5.41, 5.74) is 2.83. The van der Waals surface area contributed by atoms with Crippen LogP contribution in [0.4, 0.5) is 10.1 Å². The van der Waals surface area contributed by atoms with Crippen molar-refractivity contribution in [3.05, 3.63) is 90.9 Å². The molecule has 31 heavy (non-hydrogen) atoms. The van der Waals surface area contributed by atoms with E-state index in [0.717, 1.165) is 22.0 Å². The number of carbonyl (C=O) groups is 1. The molecular weight excluding hydrogens is 395 g/mol. The van der Waals surface area contributed by atoms with Gasteiger partial charge in [0, 0.05) is 28.4 Å². The van der Waals surface area contributed by atoms with E-state index in [9.17, 15) is 9.18 Å². The highest BCUT2D eigenvalue weighted by Crippen LogP contribution is 2.31. The van der Waals surface area contributed by atoms with Crippen LogP contribution in [-0.4, -0.2) is 20.7 Å². The van der Waals surface area contributed by atoms with E-state index in [-0.39, 0.29) is 12.5 Å². The van der Waals surface area contributed by atoms with Gasteiger partial charge in [-0.15, -0.1) is 10.2 Å². The number of hydrogen-bond donors (Lipinski definition) is 1. The van der Waals surface area contributed by atoms with E-state index in [4.69, 9.17) is 4.42 Å². The molecule has 0 saturated heterocycles. The predicted octanol–water partition coefficient (Wildman–Crippen LogP) is 5.14. The third kappa shape index (κ3) is 3.81. The minimum absolute atomic E-state index is 0.0523. The number of amides is 1. The summed E-state index contributed by atoms with van der Waals surface area (Å²) in [6, 6.07) is 23.0. The third-order valence-corrected chi connectivity index (χ3v) is 4.89. The van der Waals surface area contributed by atoms with Crippen molar-refractivity contribution < 1.29 is 13.6 Å². The SMILES string of the molecule is O=C(Cn1cc(-c2nnc(-c3ccccc3)o2)c2ccccc21)Nc1cccc(F)c1. The second kappa shape index (κ2) is 7.87. The third-order valence-electron chi connectivity index (χ3n) is 4.89. The molecular formula is C24H17FN4O2. The zero-order valence-electron chi connectivity index (χ0n) is 16.3. The average Bonchev–Trinajstić information content (AvgIpc) is 3.40. The van der Waals surface area contributed by atoms with Crippen molar-refractivity contribution >= 4 is 22.5 Å². The second-order valence-corrected chi connectivity index (χ2v) is 7.02. The van der Waals surface area contributed by atoms with Gasteiger partial charge in [-0.2, -0.15) is 0 Å². The van der Waals surface area contributed by atoms with Gasteiger partial charge in [0.1, 0.15) is 12.4 Å². The zero-order chi connectivity index (χ0) is 21.2. The number of fused-ring (bicyclic) bond motifs is 1. The van der Waals surface area contributed by atoms with E-state index in [0.29, 0.717) is 17.5 Å². The van der Waals surface area contributed by atoms with Crippen molar-refractivity contribution in [2.45, 2.75) is 6.54 Å². The lowest BCUT2D eigenvalue weighted by Crippen LogP contribution is -2.18. The number of hydrogen-bond acceptors (Lipinski definition) is 4. The van der Waals surface area contributed by atoms with Gasteiger partial charge in [-0.05, 0) is 36.4 Å². The van der Waals surface area contributed by atoms with Gasteiger partial charge >= 0.3 is 0 Å². The highest BCUT2D eigenvalue weighted by molar-refractivity contribution is 5.96. The number of anilines is 1. The molecule has 152 valence electrons. The maximum Gasteiger partial charge on any atom is 0.250 e. The number of carbonyl (C=O) groups excluding carboxylic acids is 1. The number of nitrogens with one attached hydrogen (secondary N) is 1. The first-order valence-electron chi connectivity index (χ1n) is 9.70. The van der Waals surface area contributed by atoms with Gasteiger partial charge < -0.3 is 14.3 Å². The van der Waals surface area contributed by atoms with Crippen LogP contribution >= 0.6 is 0 Å². The molecule has 3 aromatic carbocycles. The van der Waals surface area contributed by atoms with Crippen LogP contribution in [0.5, 0.6) is 0 Å². The summed E-state index contributed by atoms with van der Waals surface area (Å²) in [5, 5.41) is 12.0. The number of halogens is 1. The van der Waals surface area contributed by atoms with Crippen LogP contribution in [0.25, 0.3) is 33.8 Å². The molecule has 0 saturated carbocycles. The smallest absolute Gasteiger partial charge is 0.250 e. The minimum Gasteiger partial charge on any atom is -0.416 e. The van der Waals surface area contributed by atoms with Gasteiger partial charge in [-0.3, -0.25) is 4.79 Å². The monoisotopic (exact) mass is 412 g/mol. The fourth-order valence-corrected chi connectivity index (χ4v) is 3.50. The molecule has 1 amide bonds. The Morgan fingerprint density at radius 3 is 2.55 bits per heavy atom. The molecule has 0 spiro atoms. The van der Waals surface area contributed by atoms with Crippen molar-refractivity contribution in [2.75, 3.05) is 5.32 Å². The van der Waals surface area contributed by atoms with Crippen LogP contribution in [0.3, 0.4) is 0 Å². The molecule has 0 unspecified atom stereocenters. The Balaban J connectivity index is 1.46. The molecule has 0 aliphatic carbocycles. The second-order valence-electron chi connectivity index (χ2n) is 7.02. The molecule has 2 heterocycles. The van der Waals surface area contributed by atoms with Gasteiger partial charge in [-0.1, -0.05) is 42.5 Å². The van der Waals surface area contributed by atoms with E-state index in [1.807, 2.05) is 65.4 Å². The quantitative estimate of drug-likeness (QED) is 0.434. The Morgan fingerprint density at radius 1 is 0.935 bits per heavy atom. The molecule has 0 aliphatic heterocycles. The molecule has 5 aromatic rings. The maximum atomic E-state index is 13.4. The van der Waals surface area contributed by atoms with E-state index in [2.05, 4.69) is 15.5 Å². The molecule has 0 radical (unpaired) electrons. The standard InChI is InChI=1S/C24H17FN4O2/c25-17-9-6-10-18(13-17)26-22(30)15-29-14-20(19-11-4-5-12-21(19)29)24-28-27-23(31-24)16-7-2-1-3-8-16/h1-14H,15H2,(H,26,30). The van der Waals surface area contributed by atoms with Crippen molar-refractivity contribution in [2.24, 2.45) is 0 Å². The molecule has 2 aromatic heterocycles. The van der Waals surface area contributed by atoms with Crippen molar-refractivity contribution in [3.63, 3.8) is 0 Å². The Hall–Kier alpha value is -4.26. The van der Waals surface area contributed by atoms with Crippen LogP contribution in [-0.2, 0) is 11.3 Å². The van der Waals surface area contributed by atoms with E-state index in [1.165, 1.54) is 12.1 Å². The first-order chi connectivity index (χ1) is 15.2. The lowest BCUT2D eigenvalue weighted by atomic mass is 10.2. The molecule has 6 nitrogen and oxygen atoms in total. The highest BCUT2D eigenvalue weighted by atomic mass is 19.1. The van der Waals surface area contributed by atoms with Crippen LogP contribution in [0, 0.1) is 5.82 Å². The topological polar surface area (TPSA) is 73.0 Å². The number of aromatic nitrogens is 3. The zero-order valence-corrected chi connectivity index (χ0v) is 16.3. The summed E-state index contributed by atoms with van der Waals surface area (Å²) < 4.78 is 21.1. The normalized spacial score (nSPS) is 11.0. The highest BCUT2D eigenvalue weighted by Gasteiger charge is 2.17. The Labute approximate surface area is 177 Å². The van der Waals surface area contributed by atoms with Crippen molar-refractivity contribution in [1.82, 2.24) is 14.8 Å². The number of rotatable bonds is 5. The van der Waals surface area contributed by atoms with Crippen LogP contribution < -0.4 is 5.32 Å². The van der Waals surface area contributed by atoms with Gasteiger partial charge in [0.25, 0.3) is 0 Å². The maximum absolute atomic E-state index is 13.4.